The van der Waals surface area contributed by atoms with Crippen LogP contribution in [0.5, 0.6) is 0 Å². The van der Waals surface area contributed by atoms with E-state index in [1.807, 2.05) is 0 Å². The van der Waals surface area contributed by atoms with Crippen molar-refractivity contribution in [1.29, 1.82) is 0 Å². The fourth-order valence-electron chi connectivity index (χ4n) is 7.70. The van der Waals surface area contributed by atoms with Crippen LogP contribution in [0.3, 0.4) is 0 Å². The van der Waals surface area contributed by atoms with Crippen LogP contribution in [0.4, 0.5) is 17.1 Å². The van der Waals surface area contributed by atoms with Gasteiger partial charge >= 0.3 is 0 Å². The molecule has 0 amide bonds. The molecule has 0 saturated carbocycles. The van der Waals surface area contributed by atoms with Crippen LogP contribution in [-0.4, -0.2) is 0 Å². The molecular formula is C50H33NO. The second-order valence-corrected chi connectivity index (χ2v) is 13.3. The summed E-state index contributed by atoms with van der Waals surface area (Å²) >= 11 is 0. The number of fused-ring (bicyclic) bond motifs is 6. The van der Waals surface area contributed by atoms with Gasteiger partial charge < -0.3 is 9.32 Å². The molecule has 0 fully saturated rings. The van der Waals surface area contributed by atoms with Gasteiger partial charge in [-0.25, -0.2) is 0 Å². The van der Waals surface area contributed by atoms with E-state index in [4.69, 9.17) is 4.42 Å². The molecule has 0 atom stereocenters. The molecule has 1 heterocycles. The summed E-state index contributed by atoms with van der Waals surface area (Å²) < 4.78 is 6.99. The van der Waals surface area contributed by atoms with Crippen LogP contribution in [-0.2, 0) is 0 Å². The molecule has 2 nitrogen and oxygen atoms in total. The number of benzene rings is 9. The van der Waals surface area contributed by atoms with Crippen molar-refractivity contribution in [2.24, 2.45) is 0 Å². The van der Waals surface area contributed by atoms with Gasteiger partial charge in [-0.2, -0.15) is 0 Å². The fourth-order valence-corrected chi connectivity index (χ4v) is 7.70. The van der Waals surface area contributed by atoms with Crippen molar-refractivity contribution in [3.63, 3.8) is 0 Å². The SMILES string of the molecule is c1ccc(-c2ccc(N(c3ccc4ccccc4c3)c3cc(-c4ccccc4)c4oc5c6ccccc6c(-c6ccccc6)cc5c4c3)cc2)cc1. The monoisotopic (exact) mass is 663 g/mol. The zero-order valence-corrected chi connectivity index (χ0v) is 28.4. The molecule has 244 valence electrons. The number of anilines is 3. The van der Waals surface area contributed by atoms with Gasteiger partial charge in [0.05, 0.1) is 0 Å². The number of nitrogens with zero attached hydrogens (tertiary/aromatic N) is 1. The first kappa shape index (κ1) is 30.0. The van der Waals surface area contributed by atoms with Crippen LogP contribution in [0.2, 0.25) is 0 Å². The maximum Gasteiger partial charge on any atom is 0.143 e. The number of furan rings is 1. The van der Waals surface area contributed by atoms with Gasteiger partial charge in [-0.3, -0.25) is 0 Å². The van der Waals surface area contributed by atoms with Gasteiger partial charge in [-0.15, -0.1) is 0 Å². The summed E-state index contributed by atoms with van der Waals surface area (Å²) in [6, 6.07) is 71.6. The lowest BCUT2D eigenvalue weighted by molar-refractivity contribution is 0.674. The van der Waals surface area contributed by atoms with Gasteiger partial charge in [0.2, 0.25) is 0 Å². The molecule has 52 heavy (non-hydrogen) atoms. The minimum Gasteiger partial charge on any atom is -0.455 e. The van der Waals surface area contributed by atoms with Crippen LogP contribution in [0.1, 0.15) is 0 Å². The van der Waals surface area contributed by atoms with Gasteiger partial charge in [0.15, 0.2) is 0 Å². The van der Waals surface area contributed by atoms with E-state index in [2.05, 4.69) is 205 Å². The maximum absolute atomic E-state index is 6.99. The van der Waals surface area contributed by atoms with Crippen LogP contribution < -0.4 is 4.90 Å². The van der Waals surface area contributed by atoms with Gasteiger partial charge in [0, 0.05) is 38.8 Å². The Kier molecular flexibility index (Phi) is 7.18. The average Bonchev–Trinajstić information content (AvgIpc) is 3.60. The molecule has 10 rings (SSSR count). The van der Waals surface area contributed by atoms with E-state index in [-0.39, 0.29) is 0 Å². The van der Waals surface area contributed by atoms with E-state index in [1.54, 1.807) is 0 Å². The summed E-state index contributed by atoms with van der Waals surface area (Å²) in [5, 5.41) is 6.89. The second kappa shape index (κ2) is 12.5. The Labute approximate surface area is 302 Å². The van der Waals surface area contributed by atoms with Crippen molar-refractivity contribution in [2.45, 2.75) is 0 Å². The second-order valence-electron chi connectivity index (χ2n) is 13.3. The lowest BCUT2D eigenvalue weighted by Crippen LogP contribution is -2.10. The highest BCUT2D eigenvalue weighted by Gasteiger charge is 2.22. The third-order valence-corrected chi connectivity index (χ3v) is 10.2. The molecule has 0 aliphatic carbocycles. The third kappa shape index (κ3) is 5.12. The molecule has 9 aromatic carbocycles. The number of hydrogen-bond acceptors (Lipinski definition) is 2. The molecule has 0 bridgehead atoms. The fraction of sp³-hybridized carbons (Fsp3) is 0. The van der Waals surface area contributed by atoms with Crippen molar-refractivity contribution < 1.29 is 4.42 Å². The van der Waals surface area contributed by atoms with Crippen LogP contribution in [0.15, 0.2) is 205 Å². The standard InChI is InChI=1S/C50H33NO/c1-4-14-34(15-5-1)36-24-27-40(28-25-36)51(41-29-26-35-16-10-11-21-39(35)30-41)42-31-46(38-19-8-3-9-20-38)50-47(32-42)48-33-45(37-17-6-2-7-18-37)43-22-12-13-23-44(43)49(48)52-50/h1-33H. The molecule has 0 aliphatic heterocycles. The minimum atomic E-state index is 0.887. The predicted molar refractivity (Wildman–Crippen MR) is 220 cm³/mol. The molecular weight excluding hydrogens is 631 g/mol. The van der Waals surface area contributed by atoms with Crippen molar-refractivity contribution in [2.75, 3.05) is 4.90 Å². The summed E-state index contributed by atoms with van der Waals surface area (Å²) in [7, 11) is 0. The Bertz CT molecular complexity index is 2870. The molecule has 2 heteroatoms. The van der Waals surface area contributed by atoms with Gasteiger partial charge in [-0.1, -0.05) is 158 Å². The van der Waals surface area contributed by atoms with E-state index in [1.165, 1.54) is 38.4 Å². The van der Waals surface area contributed by atoms with E-state index in [0.29, 0.717) is 0 Å². The molecule has 10 aromatic rings. The molecule has 0 spiro atoms. The van der Waals surface area contributed by atoms with Crippen LogP contribution >= 0.6 is 0 Å². The maximum atomic E-state index is 6.99. The Morgan fingerprint density at radius 2 is 0.827 bits per heavy atom. The first-order valence-corrected chi connectivity index (χ1v) is 17.8. The van der Waals surface area contributed by atoms with Crippen LogP contribution in [0, 0.1) is 0 Å². The van der Waals surface area contributed by atoms with E-state index in [0.717, 1.165) is 55.5 Å². The largest absolute Gasteiger partial charge is 0.455 e. The first-order chi connectivity index (χ1) is 25.8. The number of hydrogen-bond donors (Lipinski definition) is 0. The zero-order chi connectivity index (χ0) is 34.4. The highest BCUT2D eigenvalue weighted by atomic mass is 16.3. The minimum absolute atomic E-state index is 0.887. The van der Waals surface area contributed by atoms with Gasteiger partial charge in [0.25, 0.3) is 0 Å². The Hall–Kier alpha value is -6.90. The molecule has 0 saturated heterocycles. The molecule has 0 N–H and O–H groups in total. The summed E-state index contributed by atoms with van der Waals surface area (Å²) in [5.74, 6) is 0. The van der Waals surface area contributed by atoms with Crippen molar-refractivity contribution in [1.82, 2.24) is 0 Å². The third-order valence-electron chi connectivity index (χ3n) is 10.2. The molecule has 0 aliphatic rings. The zero-order valence-electron chi connectivity index (χ0n) is 28.4. The molecule has 1 aromatic heterocycles. The highest BCUT2D eigenvalue weighted by Crippen LogP contribution is 2.46. The summed E-state index contributed by atoms with van der Waals surface area (Å²) in [6.07, 6.45) is 0. The Morgan fingerprint density at radius 1 is 0.288 bits per heavy atom. The van der Waals surface area contributed by atoms with E-state index >= 15 is 0 Å². The average molecular weight is 664 g/mol. The lowest BCUT2D eigenvalue weighted by atomic mass is 9.94. The smallest absolute Gasteiger partial charge is 0.143 e. The van der Waals surface area contributed by atoms with E-state index < -0.39 is 0 Å². The Balaban J connectivity index is 1.27. The van der Waals surface area contributed by atoms with Crippen molar-refractivity contribution in [3.05, 3.63) is 200 Å². The quantitative estimate of drug-likeness (QED) is 0.176. The Morgan fingerprint density at radius 3 is 1.54 bits per heavy atom. The van der Waals surface area contributed by atoms with Gasteiger partial charge in [0.1, 0.15) is 11.2 Å². The van der Waals surface area contributed by atoms with E-state index in [9.17, 15) is 0 Å². The topological polar surface area (TPSA) is 16.4 Å². The molecule has 0 unspecified atom stereocenters. The lowest BCUT2D eigenvalue weighted by Gasteiger charge is -2.27. The van der Waals surface area contributed by atoms with Crippen molar-refractivity contribution in [3.8, 4) is 33.4 Å². The normalized spacial score (nSPS) is 11.5. The van der Waals surface area contributed by atoms with Gasteiger partial charge in [-0.05, 0) is 86.4 Å². The summed E-state index contributed by atoms with van der Waals surface area (Å²) in [6.45, 7) is 0. The predicted octanol–water partition coefficient (Wildman–Crippen LogP) is 14.4. The molecule has 0 radical (unpaired) electrons. The highest BCUT2D eigenvalue weighted by molar-refractivity contribution is 6.21. The summed E-state index contributed by atoms with van der Waals surface area (Å²) in [5.41, 5.74) is 12.0. The first-order valence-electron chi connectivity index (χ1n) is 17.8. The number of rotatable bonds is 6. The van der Waals surface area contributed by atoms with Crippen molar-refractivity contribution >= 4 is 60.5 Å². The summed E-state index contributed by atoms with van der Waals surface area (Å²) in [4.78, 5) is 2.38. The van der Waals surface area contributed by atoms with Crippen LogP contribution in [0.25, 0.3) is 76.9 Å².